The zero-order valence-corrected chi connectivity index (χ0v) is 28.1. The van der Waals surface area contributed by atoms with Crippen LogP contribution in [0.5, 0.6) is 5.75 Å². The number of ketones is 2. The minimum Gasteiger partial charge on any atom is -0.510 e. The van der Waals surface area contributed by atoms with Crippen LogP contribution in [0.1, 0.15) is 67.3 Å². The van der Waals surface area contributed by atoms with Crippen molar-refractivity contribution in [3.63, 3.8) is 0 Å². The molecule has 0 unspecified atom stereocenters. The number of rotatable bonds is 6. The van der Waals surface area contributed by atoms with Crippen LogP contribution in [0, 0.1) is 17.8 Å². The maximum Gasteiger partial charge on any atom is 0.255 e. The minimum absolute atomic E-state index is 0.00255. The Morgan fingerprint density at radius 3 is 2.23 bits per heavy atom. The molecule has 0 radical (unpaired) electrons. The number of piperidine rings is 1. The highest BCUT2D eigenvalue weighted by molar-refractivity contribution is 6.25. The fraction of sp³-hybridized carbons (Fsp3) is 0.600. The van der Waals surface area contributed by atoms with E-state index in [2.05, 4.69) is 10.2 Å². The molecule has 13 nitrogen and oxygen atoms in total. The topological polar surface area (TPSA) is 197 Å². The number of Topliss-reactive ketones (excluding diaryl/α,β-unsaturated/α-hetero) is 2. The van der Waals surface area contributed by atoms with Gasteiger partial charge in [-0.1, -0.05) is 19.3 Å². The summed E-state index contributed by atoms with van der Waals surface area (Å²) in [6, 6.07) is 1.15. The van der Waals surface area contributed by atoms with Gasteiger partial charge in [-0.3, -0.25) is 24.1 Å². The molecule has 2 fully saturated rings. The average molecular weight is 666 g/mol. The summed E-state index contributed by atoms with van der Waals surface area (Å²) in [5.74, 6) is -7.65. The highest BCUT2D eigenvalue weighted by Crippen LogP contribution is 2.54. The number of carbonyl (C=O) groups is 4. The zero-order chi connectivity index (χ0) is 34.8. The lowest BCUT2D eigenvalue weighted by Crippen LogP contribution is -2.63. The largest absolute Gasteiger partial charge is 0.510 e. The van der Waals surface area contributed by atoms with Crippen molar-refractivity contribution >= 4 is 34.8 Å². The molecule has 1 heterocycles. The Hall–Kier alpha value is -3.94. The van der Waals surface area contributed by atoms with E-state index in [1.165, 1.54) is 37.0 Å². The minimum atomic E-state index is -2.72. The molecule has 7 N–H and O–H groups in total. The van der Waals surface area contributed by atoms with Crippen LogP contribution in [-0.2, 0) is 20.8 Å². The Balaban J connectivity index is 1.34. The van der Waals surface area contributed by atoms with Crippen molar-refractivity contribution < 1.29 is 39.6 Å². The van der Waals surface area contributed by atoms with Crippen molar-refractivity contribution in [2.24, 2.45) is 23.5 Å². The van der Waals surface area contributed by atoms with Crippen molar-refractivity contribution in [2.75, 3.05) is 51.5 Å². The number of anilines is 2. The lowest BCUT2D eigenvalue weighted by Gasteiger charge is -2.50. The number of likely N-dealkylation sites (N-methyl/N-ethyl adjacent to an activating group) is 1. The van der Waals surface area contributed by atoms with Gasteiger partial charge in [0.15, 0.2) is 17.1 Å². The van der Waals surface area contributed by atoms with Crippen molar-refractivity contribution in [2.45, 2.75) is 75.5 Å². The van der Waals surface area contributed by atoms with Gasteiger partial charge in [0.25, 0.3) is 5.91 Å². The Labute approximate surface area is 280 Å². The van der Waals surface area contributed by atoms with Crippen LogP contribution in [-0.4, -0.2) is 113 Å². The molecule has 1 saturated heterocycles. The van der Waals surface area contributed by atoms with E-state index < -0.39 is 63.8 Å². The number of nitrogens with two attached hydrogens (primary N) is 1. The molecule has 1 aromatic carbocycles. The van der Waals surface area contributed by atoms with E-state index in [1.807, 2.05) is 0 Å². The number of aliphatic hydroxyl groups is 3. The number of likely N-dealkylation sites (tertiary alicyclic amines) is 1. The third kappa shape index (κ3) is 5.26. The average Bonchev–Trinajstić information content (AvgIpc) is 3.04. The predicted molar refractivity (Wildman–Crippen MR) is 178 cm³/mol. The summed E-state index contributed by atoms with van der Waals surface area (Å²) < 4.78 is 0. The molecule has 1 aromatic rings. The number of aromatic hydroxyl groups is 1. The van der Waals surface area contributed by atoms with Gasteiger partial charge in [-0.15, -0.1) is 0 Å². The number of primary amides is 1. The van der Waals surface area contributed by atoms with Gasteiger partial charge in [0.2, 0.25) is 11.7 Å². The number of allylic oxidation sites excluding steroid dienone is 1. The van der Waals surface area contributed by atoms with Crippen LogP contribution in [0.25, 0.3) is 0 Å². The lowest BCUT2D eigenvalue weighted by molar-refractivity contribution is -0.148. The molecule has 0 bridgehead atoms. The van der Waals surface area contributed by atoms with Crippen molar-refractivity contribution in [1.82, 2.24) is 9.80 Å². The van der Waals surface area contributed by atoms with E-state index in [1.54, 1.807) is 39.2 Å². The van der Waals surface area contributed by atoms with Crippen LogP contribution in [0.3, 0.4) is 0 Å². The van der Waals surface area contributed by atoms with E-state index in [0.717, 1.165) is 13.1 Å². The molecular formula is C35H47N5O8. The van der Waals surface area contributed by atoms with Gasteiger partial charge in [-0.2, -0.15) is 0 Å². The molecule has 6 rings (SSSR count). The number of phenolic OH excluding ortho intramolecular Hbond substituents is 1. The third-order valence-electron chi connectivity index (χ3n) is 11.4. The van der Waals surface area contributed by atoms with Gasteiger partial charge in [0.1, 0.15) is 17.1 Å². The van der Waals surface area contributed by atoms with Crippen LogP contribution in [0.2, 0.25) is 0 Å². The molecule has 1 aliphatic heterocycles. The normalized spacial score (nSPS) is 28.7. The first-order valence-electron chi connectivity index (χ1n) is 16.9. The summed E-state index contributed by atoms with van der Waals surface area (Å²) in [6.45, 7) is 1.66. The van der Waals surface area contributed by atoms with E-state index in [4.69, 9.17) is 5.73 Å². The number of phenols is 1. The zero-order valence-electron chi connectivity index (χ0n) is 28.1. The number of fused-ring (bicyclic) bond motifs is 3. The van der Waals surface area contributed by atoms with Gasteiger partial charge in [-0.25, -0.2) is 0 Å². The highest BCUT2D eigenvalue weighted by atomic mass is 16.3. The molecule has 260 valence electrons. The van der Waals surface area contributed by atoms with E-state index >= 15 is 0 Å². The molecule has 0 spiro atoms. The standard InChI is InChI=1S/C35H47N5O8/c1-38(2)23-16-22(37-34(47)17-10-12-40(13-11-17)19-8-6-5-7-9-19)28(41)25-20(23)14-18-15-21-27(39(3)4)30(43)26(33(36)46)32(45)35(21,48)31(44)24(18)29(25)42/h16-19,21,27,41,43-44,48H,5-15H2,1-4H3,(H2,36,46)(H,37,47)/t18-,21-,27-,35-/m0/s1. The number of carbonyl (C=O) groups excluding carboxylic acids is 4. The number of nitrogens with one attached hydrogen (secondary N) is 1. The maximum absolute atomic E-state index is 14.3. The molecule has 13 heteroatoms. The fourth-order valence-corrected chi connectivity index (χ4v) is 9.00. The summed E-state index contributed by atoms with van der Waals surface area (Å²) in [5, 5.41) is 48.9. The Morgan fingerprint density at radius 1 is 1.00 bits per heavy atom. The Morgan fingerprint density at radius 2 is 1.65 bits per heavy atom. The van der Waals surface area contributed by atoms with E-state index in [9.17, 15) is 39.6 Å². The number of hydrogen-bond donors (Lipinski definition) is 6. The second-order valence-electron chi connectivity index (χ2n) is 14.6. The lowest BCUT2D eigenvalue weighted by atomic mass is 9.58. The van der Waals surface area contributed by atoms with Gasteiger partial charge in [-0.05, 0) is 83.3 Å². The molecule has 1 saturated carbocycles. The van der Waals surface area contributed by atoms with Crippen molar-refractivity contribution in [1.29, 1.82) is 0 Å². The smallest absolute Gasteiger partial charge is 0.255 e. The first-order chi connectivity index (χ1) is 22.7. The first-order valence-corrected chi connectivity index (χ1v) is 16.9. The monoisotopic (exact) mass is 665 g/mol. The summed E-state index contributed by atoms with van der Waals surface area (Å²) in [6.07, 6.45) is 7.69. The van der Waals surface area contributed by atoms with Crippen LogP contribution in [0.4, 0.5) is 11.4 Å². The molecule has 5 aliphatic rings. The van der Waals surface area contributed by atoms with Gasteiger partial charge >= 0.3 is 0 Å². The summed E-state index contributed by atoms with van der Waals surface area (Å²) >= 11 is 0. The van der Waals surface area contributed by atoms with Crippen LogP contribution >= 0.6 is 0 Å². The van der Waals surface area contributed by atoms with Crippen LogP contribution in [0.15, 0.2) is 28.7 Å². The molecule has 0 aromatic heterocycles. The molecule has 4 atom stereocenters. The van der Waals surface area contributed by atoms with Crippen LogP contribution < -0.4 is 16.0 Å². The first kappa shape index (κ1) is 33.9. The maximum atomic E-state index is 14.3. The molecule has 4 aliphatic carbocycles. The molecule has 48 heavy (non-hydrogen) atoms. The predicted octanol–water partition coefficient (Wildman–Crippen LogP) is 2.17. The van der Waals surface area contributed by atoms with E-state index in [0.29, 0.717) is 30.1 Å². The molecule has 2 amide bonds. The second kappa shape index (κ2) is 12.5. The third-order valence-corrected chi connectivity index (χ3v) is 11.4. The number of hydrogen-bond acceptors (Lipinski definition) is 11. The van der Waals surface area contributed by atoms with Gasteiger partial charge < -0.3 is 41.3 Å². The summed E-state index contributed by atoms with van der Waals surface area (Å²) in [4.78, 5) is 59.5. The van der Waals surface area contributed by atoms with Crippen molar-refractivity contribution in [3.8, 4) is 5.75 Å². The number of amides is 2. The number of nitrogens with zero attached hydrogens (tertiary/aromatic N) is 3. The summed E-state index contributed by atoms with van der Waals surface area (Å²) in [5.41, 5.74) is 2.62. The number of aliphatic hydroxyl groups excluding tert-OH is 2. The van der Waals surface area contributed by atoms with E-state index in [-0.39, 0.29) is 41.5 Å². The molecular weight excluding hydrogens is 618 g/mol. The van der Waals surface area contributed by atoms with Crippen molar-refractivity contribution in [3.05, 3.63) is 39.9 Å². The number of benzene rings is 1. The Bertz CT molecular complexity index is 1620. The fourth-order valence-electron chi connectivity index (χ4n) is 9.00. The second-order valence-corrected chi connectivity index (χ2v) is 14.6. The van der Waals surface area contributed by atoms with Gasteiger partial charge in [0, 0.05) is 43.2 Å². The summed E-state index contributed by atoms with van der Waals surface area (Å²) in [7, 11) is 6.74. The quantitative estimate of drug-likeness (QED) is 0.192. The van der Waals surface area contributed by atoms with Gasteiger partial charge in [0.05, 0.1) is 17.3 Å². The Kier molecular flexibility index (Phi) is 8.84. The highest BCUT2D eigenvalue weighted by Gasteiger charge is 2.63. The SMILES string of the molecule is CN(C)c1cc(NC(=O)C2CCN(C3CCCCC3)CC2)c(O)c2c1C[C@H]1C[C@H]3[C@H](N(C)C)C(O)=C(C(N)=O)C(=O)[C@@]3(O)C(O)=C1C2=O.